The van der Waals surface area contributed by atoms with Gasteiger partial charge in [-0.15, -0.1) is 0 Å². The maximum absolute atomic E-state index is 12.8. The first kappa shape index (κ1) is 21.1. The first-order valence-corrected chi connectivity index (χ1v) is 10.5. The standard InChI is InChI=1S/C23H21ClN2O5/c24-15-8-10-16(11-9-15)25-20(27)13-31-23(30)14-4-3-5-17(12-14)26-21(28)18-6-1-2-7-19(18)22(26)29/h3-5,8-12,18-19H,1-2,6-7,13H2,(H,25,27)/t18-,19-/m0/s1. The molecule has 2 aromatic carbocycles. The number of nitrogens with one attached hydrogen (secondary N) is 1. The molecule has 4 rings (SSSR count). The molecular weight excluding hydrogens is 420 g/mol. The number of halogens is 1. The molecule has 1 saturated carbocycles. The van der Waals surface area contributed by atoms with Gasteiger partial charge in [0.25, 0.3) is 5.91 Å². The van der Waals surface area contributed by atoms with Gasteiger partial charge < -0.3 is 10.1 Å². The second-order valence-electron chi connectivity index (χ2n) is 7.69. The smallest absolute Gasteiger partial charge is 0.338 e. The molecule has 1 N–H and O–H groups in total. The van der Waals surface area contributed by atoms with Crippen molar-refractivity contribution in [3.8, 4) is 0 Å². The van der Waals surface area contributed by atoms with E-state index in [9.17, 15) is 19.2 Å². The lowest BCUT2D eigenvalue weighted by molar-refractivity contribution is -0.122. The first-order valence-electron chi connectivity index (χ1n) is 10.1. The van der Waals surface area contributed by atoms with Crippen molar-refractivity contribution >= 4 is 46.7 Å². The van der Waals surface area contributed by atoms with E-state index in [2.05, 4.69) is 5.32 Å². The maximum Gasteiger partial charge on any atom is 0.338 e. The molecular formula is C23H21ClN2O5. The van der Waals surface area contributed by atoms with E-state index in [1.54, 1.807) is 36.4 Å². The van der Waals surface area contributed by atoms with E-state index in [0.29, 0.717) is 16.4 Å². The third-order valence-corrected chi connectivity index (χ3v) is 5.90. The number of carbonyl (C=O) groups excluding carboxylic acids is 4. The fourth-order valence-corrected chi connectivity index (χ4v) is 4.26. The molecule has 160 valence electrons. The Morgan fingerprint density at radius 1 is 1.00 bits per heavy atom. The second kappa shape index (κ2) is 8.89. The van der Waals surface area contributed by atoms with Gasteiger partial charge in [0.05, 0.1) is 23.1 Å². The minimum atomic E-state index is -0.718. The normalized spacial score (nSPS) is 20.4. The molecule has 8 heteroatoms. The third-order valence-electron chi connectivity index (χ3n) is 5.64. The molecule has 0 unspecified atom stereocenters. The van der Waals surface area contributed by atoms with Gasteiger partial charge in [-0.05, 0) is 55.3 Å². The number of hydrogen-bond acceptors (Lipinski definition) is 5. The molecule has 1 saturated heterocycles. The number of rotatable bonds is 5. The van der Waals surface area contributed by atoms with Crippen LogP contribution in [0.5, 0.6) is 0 Å². The number of anilines is 2. The van der Waals surface area contributed by atoms with E-state index in [-0.39, 0.29) is 29.2 Å². The Labute approximate surface area is 184 Å². The van der Waals surface area contributed by atoms with E-state index >= 15 is 0 Å². The van der Waals surface area contributed by atoms with Gasteiger partial charge in [-0.25, -0.2) is 4.79 Å². The van der Waals surface area contributed by atoms with Gasteiger partial charge in [0.2, 0.25) is 11.8 Å². The summed E-state index contributed by atoms with van der Waals surface area (Å²) in [5, 5.41) is 3.14. The molecule has 0 radical (unpaired) electrons. The van der Waals surface area contributed by atoms with Gasteiger partial charge in [-0.2, -0.15) is 0 Å². The van der Waals surface area contributed by atoms with E-state index in [1.165, 1.54) is 17.0 Å². The molecule has 0 aromatic heterocycles. The van der Waals surface area contributed by atoms with Crippen molar-refractivity contribution in [2.75, 3.05) is 16.8 Å². The molecule has 7 nitrogen and oxygen atoms in total. The van der Waals surface area contributed by atoms with Crippen LogP contribution in [0.4, 0.5) is 11.4 Å². The van der Waals surface area contributed by atoms with E-state index in [0.717, 1.165) is 25.7 Å². The first-order chi connectivity index (χ1) is 14.9. The number of hydrogen-bond donors (Lipinski definition) is 1. The van der Waals surface area contributed by atoms with Crippen LogP contribution in [0, 0.1) is 11.8 Å². The van der Waals surface area contributed by atoms with Crippen LogP contribution in [0.2, 0.25) is 5.02 Å². The van der Waals surface area contributed by atoms with Crippen molar-refractivity contribution in [3.05, 3.63) is 59.1 Å². The Bertz CT molecular complexity index is 1010. The molecule has 2 fully saturated rings. The van der Waals surface area contributed by atoms with E-state index < -0.39 is 18.5 Å². The molecule has 2 atom stereocenters. The number of carbonyl (C=O) groups is 4. The van der Waals surface area contributed by atoms with E-state index in [1.807, 2.05) is 0 Å². The van der Waals surface area contributed by atoms with Gasteiger partial charge in [0.1, 0.15) is 0 Å². The molecule has 31 heavy (non-hydrogen) atoms. The number of esters is 1. The fraction of sp³-hybridized carbons (Fsp3) is 0.304. The molecule has 1 aliphatic carbocycles. The van der Waals surface area contributed by atoms with Crippen LogP contribution in [-0.2, 0) is 19.1 Å². The molecule has 1 aliphatic heterocycles. The molecule has 1 heterocycles. The molecule has 0 spiro atoms. The van der Waals surface area contributed by atoms with Crippen LogP contribution < -0.4 is 10.2 Å². The minimum absolute atomic E-state index is 0.160. The van der Waals surface area contributed by atoms with Crippen molar-refractivity contribution in [1.82, 2.24) is 0 Å². The highest BCUT2D eigenvalue weighted by molar-refractivity contribution is 6.30. The van der Waals surface area contributed by atoms with Crippen LogP contribution in [-0.4, -0.2) is 30.3 Å². The minimum Gasteiger partial charge on any atom is -0.452 e. The number of fused-ring (bicyclic) bond motifs is 1. The van der Waals surface area contributed by atoms with Crippen molar-refractivity contribution < 1.29 is 23.9 Å². The predicted molar refractivity (Wildman–Crippen MR) is 115 cm³/mol. The lowest BCUT2D eigenvalue weighted by atomic mass is 9.81. The highest BCUT2D eigenvalue weighted by Crippen LogP contribution is 2.40. The van der Waals surface area contributed by atoms with Gasteiger partial charge in [0, 0.05) is 10.7 Å². The quantitative estimate of drug-likeness (QED) is 0.563. The van der Waals surface area contributed by atoms with Gasteiger partial charge in [-0.1, -0.05) is 30.5 Å². The van der Waals surface area contributed by atoms with E-state index in [4.69, 9.17) is 16.3 Å². The maximum atomic E-state index is 12.8. The molecule has 3 amide bonds. The zero-order valence-corrected chi connectivity index (χ0v) is 17.4. The topological polar surface area (TPSA) is 92.8 Å². The van der Waals surface area contributed by atoms with Crippen molar-refractivity contribution in [1.29, 1.82) is 0 Å². The number of ether oxygens (including phenoxy) is 1. The zero-order chi connectivity index (χ0) is 22.0. The van der Waals surface area contributed by atoms with Crippen LogP contribution in [0.1, 0.15) is 36.0 Å². The number of imide groups is 1. The van der Waals surface area contributed by atoms with Crippen molar-refractivity contribution in [3.63, 3.8) is 0 Å². The summed E-state index contributed by atoms with van der Waals surface area (Å²) in [5.41, 5.74) is 1.04. The van der Waals surface area contributed by atoms with Crippen LogP contribution >= 0.6 is 11.6 Å². The fourth-order valence-electron chi connectivity index (χ4n) is 4.13. The summed E-state index contributed by atoms with van der Waals surface area (Å²) in [6.07, 6.45) is 3.32. The predicted octanol–water partition coefficient (Wildman–Crippen LogP) is 3.82. The van der Waals surface area contributed by atoms with Crippen LogP contribution in [0.3, 0.4) is 0 Å². The Kier molecular flexibility index (Phi) is 6.04. The van der Waals surface area contributed by atoms with Crippen molar-refractivity contribution in [2.24, 2.45) is 11.8 Å². The Morgan fingerprint density at radius 3 is 2.29 bits per heavy atom. The summed E-state index contributed by atoms with van der Waals surface area (Å²) >= 11 is 5.80. The summed E-state index contributed by atoms with van der Waals surface area (Å²) < 4.78 is 5.09. The summed E-state index contributed by atoms with van der Waals surface area (Å²) in [5.74, 6) is -2.17. The SMILES string of the molecule is O=C(COC(=O)c1cccc(N2C(=O)[C@H]3CCCC[C@@H]3C2=O)c1)Nc1ccc(Cl)cc1. The number of benzene rings is 2. The monoisotopic (exact) mass is 440 g/mol. The van der Waals surface area contributed by atoms with Gasteiger partial charge >= 0.3 is 5.97 Å². The van der Waals surface area contributed by atoms with Gasteiger partial charge in [-0.3, -0.25) is 19.3 Å². The second-order valence-corrected chi connectivity index (χ2v) is 8.13. The Morgan fingerprint density at radius 2 is 1.65 bits per heavy atom. The molecule has 0 bridgehead atoms. The Hall–Kier alpha value is -3.19. The summed E-state index contributed by atoms with van der Waals surface area (Å²) in [7, 11) is 0. The van der Waals surface area contributed by atoms with Crippen LogP contribution in [0.15, 0.2) is 48.5 Å². The zero-order valence-electron chi connectivity index (χ0n) is 16.7. The highest BCUT2D eigenvalue weighted by Gasteiger charge is 2.48. The lowest BCUT2D eigenvalue weighted by Crippen LogP contribution is -2.31. The summed E-state index contributed by atoms with van der Waals surface area (Å²) in [6, 6.07) is 12.7. The summed E-state index contributed by atoms with van der Waals surface area (Å²) in [4.78, 5) is 51.2. The third kappa shape index (κ3) is 4.46. The number of amides is 3. The van der Waals surface area contributed by atoms with Gasteiger partial charge in [0.15, 0.2) is 6.61 Å². The average Bonchev–Trinajstić information content (AvgIpc) is 3.04. The van der Waals surface area contributed by atoms with Crippen LogP contribution in [0.25, 0.3) is 0 Å². The van der Waals surface area contributed by atoms with Crippen molar-refractivity contribution in [2.45, 2.75) is 25.7 Å². The summed E-state index contributed by atoms with van der Waals surface area (Å²) in [6.45, 7) is -0.475. The number of nitrogens with zero attached hydrogens (tertiary/aromatic N) is 1. The average molecular weight is 441 g/mol. The largest absolute Gasteiger partial charge is 0.452 e. The molecule has 2 aliphatic rings. The highest BCUT2D eigenvalue weighted by atomic mass is 35.5. The molecule has 2 aromatic rings. The lowest BCUT2D eigenvalue weighted by Gasteiger charge is -2.19. The Balaban J connectivity index is 1.40.